The summed E-state index contributed by atoms with van der Waals surface area (Å²) < 4.78 is 5.56. The number of ether oxygens (including phenoxy) is 1. The number of carbonyl (C=O) groups is 1. The summed E-state index contributed by atoms with van der Waals surface area (Å²) in [6.07, 6.45) is 5.92. The second-order valence-electron chi connectivity index (χ2n) is 4.98. The van der Waals surface area contributed by atoms with E-state index in [1.165, 1.54) is 32.1 Å². The van der Waals surface area contributed by atoms with Gasteiger partial charge in [-0.05, 0) is 19.8 Å². The number of likely N-dealkylation sites (N-methyl/N-ethyl adjacent to an activating group) is 1. The number of morpholine rings is 1. The zero-order valence-electron chi connectivity index (χ0n) is 10.8. The third-order valence-electron chi connectivity index (χ3n) is 3.84. The van der Waals surface area contributed by atoms with Gasteiger partial charge in [0.1, 0.15) is 6.10 Å². The molecule has 1 N–H and O–H groups in total. The first-order valence-electron chi connectivity index (χ1n) is 6.95. The van der Waals surface area contributed by atoms with Crippen LogP contribution < -0.4 is 5.32 Å². The summed E-state index contributed by atoms with van der Waals surface area (Å²) in [7, 11) is 0. The van der Waals surface area contributed by atoms with Gasteiger partial charge in [0.2, 0.25) is 0 Å². The van der Waals surface area contributed by atoms with Gasteiger partial charge in [-0.25, -0.2) is 0 Å². The molecule has 1 aliphatic carbocycles. The molecule has 0 aromatic rings. The fourth-order valence-corrected chi connectivity index (χ4v) is 2.90. The molecule has 0 aromatic heterocycles. The van der Waals surface area contributed by atoms with Gasteiger partial charge in [-0.2, -0.15) is 0 Å². The number of amides is 1. The van der Waals surface area contributed by atoms with Crippen LogP contribution in [-0.4, -0.2) is 49.2 Å². The molecule has 2 fully saturated rings. The Balaban J connectivity index is 1.93. The zero-order chi connectivity index (χ0) is 12.1. The van der Waals surface area contributed by atoms with E-state index in [1.807, 2.05) is 4.90 Å². The lowest BCUT2D eigenvalue weighted by molar-refractivity contribution is -0.148. The minimum atomic E-state index is -0.259. The Kier molecular flexibility index (Phi) is 4.80. The third kappa shape index (κ3) is 3.19. The molecular weight excluding hydrogens is 216 g/mol. The van der Waals surface area contributed by atoms with Crippen molar-refractivity contribution in [2.45, 2.75) is 51.2 Å². The summed E-state index contributed by atoms with van der Waals surface area (Å²) in [5.41, 5.74) is 0. The number of rotatable bonds is 3. The predicted octanol–water partition coefficient (Wildman–Crippen LogP) is 1.16. The van der Waals surface area contributed by atoms with Gasteiger partial charge in [0.05, 0.1) is 6.61 Å². The van der Waals surface area contributed by atoms with E-state index in [0.29, 0.717) is 19.2 Å². The van der Waals surface area contributed by atoms with Crippen molar-refractivity contribution in [1.82, 2.24) is 10.2 Å². The Morgan fingerprint density at radius 1 is 1.35 bits per heavy atom. The lowest BCUT2D eigenvalue weighted by Crippen LogP contribution is -2.52. The largest absolute Gasteiger partial charge is 0.366 e. The topological polar surface area (TPSA) is 41.6 Å². The van der Waals surface area contributed by atoms with Crippen molar-refractivity contribution in [2.24, 2.45) is 0 Å². The van der Waals surface area contributed by atoms with E-state index in [0.717, 1.165) is 13.1 Å². The highest BCUT2D eigenvalue weighted by Gasteiger charge is 2.30. The molecule has 0 spiro atoms. The fourth-order valence-electron chi connectivity index (χ4n) is 2.90. The maximum atomic E-state index is 12.4. The summed E-state index contributed by atoms with van der Waals surface area (Å²) >= 11 is 0. The lowest BCUT2D eigenvalue weighted by atomic mass is 9.94. The van der Waals surface area contributed by atoms with Crippen LogP contribution in [0.5, 0.6) is 0 Å². The van der Waals surface area contributed by atoms with Gasteiger partial charge in [-0.15, -0.1) is 0 Å². The van der Waals surface area contributed by atoms with Crippen molar-refractivity contribution in [3.8, 4) is 0 Å². The highest BCUT2D eigenvalue weighted by molar-refractivity contribution is 5.81. The monoisotopic (exact) mass is 240 g/mol. The molecule has 17 heavy (non-hydrogen) atoms. The quantitative estimate of drug-likeness (QED) is 0.805. The van der Waals surface area contributed by atoms with E-state index in [4.69, 9.17) is 4.74 Å². The third-order valence-corrected chi connectivity index (χ3v) is 3.84. The second kappa shape index (κ2) is 6.36. The molecule has 1 saturated heterocycles. The Morgan fingerprint density at radius 3 is 2.71 bits per heavy atom. The molecule has 0 radical (unpaired) electrons. The summed E-state index contributed by atoms with van der Waals surface area (Å²) in [5.74, 6) is 0.187. The van der Waals surface area contributed by atoms with E-state index >= 15 is 0 Å². The Labute approximate surface area is 104 Å². The van der Waals surface area contributed by atoms with Gasteiger partial charge in [0.25, 0.3) is 5.91 Å². The lowest BCUT2D eigenvalue weighted by Gasteiger charge is -2.36. The SMILES string of the molecule is CCN(C(=O)C1CNCCO1)C1CCCCC1. The molecule has 2 rings (SSSR count). The summed E-state index contributed by atoms with van der Waals surface area (Å²) in [4.78, 5) is 14.4. The molecule has 98 valence electrons. The molecule has 1 amide bonds. The Morgan fingerprint density at radius 2 is 2.12 bits per heavy atom. The van der Waals surface area contributed by atoms with E-state index in [1.54, 1.807) is 0 Å². The highest BCUT2D eigenvalue weighted by atomic mass is 16.5. The molecule has 1 unspecified atom stereocenters. The maximum Gasteiger partial charge on any atom is 0.253 e. The van der Waals surface area contributed by atoms with Crippen LogP contribution in [0.4, 0.5) is 0 Å². The van der Waals surface area contributed by atoms with Crippen LogP contribution in [0.3, 0.4) is 0 Å². The highest BCUT2D eigenvalue weighted by Crippen LogP contribution is 2.23. The van der Waals surface area contributed by atoms with Crippen molar-refractivity contribution in [2.75, 3.05) is 26.2 Å². The Hall–Kier alpha value is -0.610. The first kappa shape index (κ1) is 12.8. The minimum absolute atomic E-state index is 0.187. The molecule has 4 nitrogen and oxygen atoms in total. The fraction of sp³-hybridized carbons (Fsp3) is 0.923. The first-order valence-corrected chi connectivity index (χ1v) is 6.95. The average Bonchev–Trinajstić information content (AvgIpc) is 2.42. The van der Waals surface area contributed by atoms with Gasteiger partial charge in [0, 0.05) is 25.7 Å². The molecule has 1 heterocycles. The number of carbonyl (C=O) groups excluding carboxylic acids is 1. The molecule has 2 aliphatic rings. The van der Waals surface area contributed by atoms with Crippen LogP contribution in [0, 0.1) is 0 Å². The van der Waals surface area contributed by atoms with Crippen LogP contribution in [-0.2, 0) is 9.53 Å². The minimum Gasteiger partial charge on any atom is -0.366 e. The molecule has 0 aromatic carbocycles. The molecule has 1 aliphatic heterocycles. The number of hydrogen-bond acceptors (Lipinski definition) is 3. The standard InChI is InChI=1S/C13H24N2O2/c1-2-15(11-6-4-3-5-7-11)13(16)12-10-14-8-9-17-12/h11-12,14H,2-10H2,1H3. The zero-order valence-corrected chi connectivity index (χ0v) is 10.8. The molecule has 0 bridgehead atoms. The Bertz CT molecular complexity index is 246. The van der Waals surface area contributed by atoms with Gasteiger partial charge in [-0.1, -0.05) is 19.3 Å². The maximum absolute atomic E-state index is 12.4. The van der Waals surface area contributed by atoms with Crippen LogP contribution >= 0.6 is 0 Å². The normalized spacial score (nSPS) is 26.8. The molecule has 4 heteroatoms. The van der Waals surface area contributed by atoms with Gasteiger partial charge < -0.3 is 15.0 Å². The van der Waals surface area contributed by atoms with Crippen LogP contribution in [0.1, 0.15) is 39.0 Å². The van der Waals surface area contributed by atoms with E-state index < -0.39 is 0 Å². The van der Waals surface area contributed by atoms with Crippen molar-refractivity contribution in [3.05, 3.63) is 0 Å². The molecule has 1 saturated carbocycles. The number of nitrogens with one attached hydrogen (secondary N) is 1. The van der Waals surface area contributed by atoms with Crippen molar-refractivity contribution < 1.29 is 9.53 Å². The molecule has 1 atom stereocenters. The van der Waals surface area contributed by atoms with Crippen LogP contribution in [0.15, 0.2) is 0 Å². The smallest absolute Gasteiger partial charge is 0.253 e. The summed E-state index contributed by atoms with van der Waals surface area (Å²) in [6.45, 7) is 5.06. The van der Waals surface area contributed by atoms with Crippen molar-refractivity contribution in [1.29, 1.82) is 0 Å². The van der Waals surface area contributed by atoms with Gasteiger partial charge in [0.15, 0.2) is 0 Å². The average molecular weight is 240 g/mol. The predicted molar refractivity (Wildman–Crippen MR) is 66.9 cm³/mol. The number of hydrogen-bond donors (Lipinski definition) is 1. The van der Waals surface area contributed by atoms with Crippen molar-refractivity contribution >= 4 is 5.91 Å². The van der Waals surface area contributed by atoms with Gasteiger partial charge >= 0.3 is 0 Å². The van der Waals surface area contributed by atoms with E-state index in [2.05, 4.69) is 12.2 Å². The van der Waals surface area contributed by atoms with Crippen LogP contribution in [0.2, 0.25) is 0 Å². The summed E-state index contributed by atoms with van der Waals surface area (Å²) in [5, 5.41) is 3.23. The van der Waals surface area contributed by atoms with Gasteiger partial charge in [-0.3, -0.25) is 4.79 Å². The van der Waals surface area contributed by atoms with E-state index in [-0.39, 0.29) is 12.0 Å². The van der Waals surface area contributed by atoms with Crippen molar-refractivity contribution in [3.63, 3.8) is 0 Å². The van der Waals surface area contributed by atoms with Crippen LogP contribution in [0.25, 0.3) is 0 Å². The van der Waals surface area contributed by atoms with E-state index in [9.17, 15) is 4.79 Å². The number of nitrogens with zero attached hydrogens (tertiary/aromatic N) is 1. The molecular formula is C13H24N2O2. The summed E-state index contributed by atoms with van der Waals surface area (Å²) in [6, 6.07) is 0.451. The first-order chi connectivity index (χ1) is 8.33. The second-order valence-corrected chi connectivity index (χ2v) is 4.98.